The van der Waals surface area contributed by atoms with Gasteiger partial charge < -0.3 is 25.3 Å². The molecule has 0 saturated heterocycles. The first-order chi connectivity index (χ1) is 9.66. The predicted molar refractivity (Wildman–Crippen MR) is 80.2 cm³/mol. The van der Waals surface area contributed by atoms with Crippen LogP contribution in [-0.2, 0) is 0 Å². The lowest BCUT2D eigenvalue weighted by Gasteiger charge is -2.12. The van der Waals surface area contributed by atoms with Gasteiger partial charge in [0.2, 0.25) is 0 Å². The van der Waals surface area contributed by atoms with Crippen LogP contribution < -0.4 is 25.3 Å². The number of nitrogens with two attached hydrogens (primary N) is 1. The molecule has 2 aromatic rings. The fourth-order valence-corrected chi connectivity index (χ4v) is 1.84. The van der Waals surface area contributed by atoms with Crippen molar-refractivity contribution in [2.24, 2.45) is 0 Å². The predicted octanol–water partition coefficient (Wildman–Crippen LogP) is 3.04. The summed E-state index contributed by atoms with van der Waals surface area (Å²) >= 11 is 0. The van der Waals surface area contributed by atoms with E-state index in [1.165, 1.54) is 0 Å². The van der Waals surface area contributed by atoms with E-state index in [-0.39, 0.29) is 0 Å². The first-order valence-corrected chi connectivity index (χ1v) is 6.10. The number of hydrogen-bond acceptors (Lipinski definition) is 5. The molecule has 2 aromatic carbocycles. The topological polar surface area (TPSA) is 65.7 Å². The number of hydrogen-bond donors (Lipinski definition) is 2. The van der Waals surface area contributed by atoms with E-state index < -0.39 is 0 Å². The smallest absolute Gasteiger partial charge is 0.143 e. The molecule has 3 N–H and O–H groups in total. The Kier molecular flexibility index (Phi) is 4.20. The van der Waals surface area contributed by atoms with E-state index >= 15 is 0 Å². The van der Waals surface area contributed by atoms with Gasteiger partial charge in [-0.1, -0.05) is 0 Å². The average Bonchev–Trinajstić information content (AvgIpc) is 2.48. The highest BCUT2D eigenvalue weighted by Gasteiger charge is 2.04. The van der Waals surface area contributed by atoms with E-state index in [4.69, 9.17) is 19.9 Å². The van der Waals surface area contributed by atoms with Crippen molar-refractivity contribution >= 4 is 17.1 Å². The molecule has 0 amide bonds. The first kappa shape index (κ1) is 13.9. The number of rotatable bonds is 5. The van der Waals surface area contributed by atoms with Crippen molar-refractivity contribution in [2.45, 2.75) is 0 Å². The molecular weight excluding hydrogens is 256 g/mol. The molecular formula is C15H18N2O3. The molecule has 20 heavy (non-hydrogen) atoms. The van der Waals surface area contributed by atoms with E-state index in [1.807, 2.05) is 30.3 Å². The minimum absolute atomic E-state index is 0.598. The number of nitrogens with one attached hydrogen (secondary N) is 1. The highest BCUT2D eigenvalue weighted by atomic mass is 16.5. The molecule has 5 nitrogen and oxygen atoms in total. The molecule has 0 radical (unpaired) electrons. The Bertz CT molecular complexity index is 577. The van der Waals surface area contributed by atoms with Crippen LogP contribution in [0.25, 0.3) is 0 Å². The molecule has 0 spiro atoms. The van der Waals surface area contributed by atoms with E-state index in [0.717, 1.165) is 11.4 Å². The van der Waals surface area contributed by atoms with E-state index in [9.17, 15) is 0 Å². The molecule has 0 unspecified atom stereocenters. The van der Waals surface area contributed by atoms with E-state index in [2.05, 4.69) is 5.32 Å². The molecule has 0 fully saturated rings. The van der Waals surface area contributed by atoms with Crippen molar-refractivity contribution in [1.82, 2.24) is 0 Å². The Labute approximate surface area is 118 Å². The maximum absolute atomic E-state index is 5.79. The van der Waals surface area contributed by atoms with Crippen LogP contribution >= 0.6 is 0 Å². The molecule has 0 aliphatic rings. The van der Waals surface area contributed by atoms with Gasteiger partial charge in [0, 0.05) is 35.6 Å². The van der Waals surface area contributed by atoms with Crippen LogP contribution in [0.3, 0.4) is 0 Å². The second-order valence-electron chi connectivity index (χ2n) is 4.18. The molecule has 0 aromatic heterocycles. The molecule has 0 heterocycles. The second-order valence-corrected chi connectivity index (χ2v) is 4.18. The Morgan fingerprint density at radius 2 is 1.45 bits per heavy atom. The second kappa shape index (κ2) is 6.06. The molecule has 0 atom stereocenters. The number of nitrogen functional groups attached to an aromatic ring is 1. The lowest BCUT2D eigenvalue weighted by Crippen LogP contribution is -1.96. The largest absolute Gasteiger partial charge is 0.497 e. The highest BCUT2D eigenvalue weighted by molar-refractivity contribution is 5.68. The summed E-state index contributed by atoms with van der Waals surface area (Å²) in [6.07, 6.45) is 0. The van der Waals surface area contributed by atoms with E-state index in [0.29, 0.717) is 22.9 Å². The van der Waals surface area contributed by atoms with Crippen molar-refractivity contribution in [2.75, 3.05) is 32.4 Å². The lowest BCUT2D eigenvalue weighted by atomic mass is 10.2. The summed E-state index contributed by atoms with van der Waals surface area (Å²) in [5.41, 5.74) is 8.11. The SMILES string of the molecule is COc1cc(Nc2ccc(N)c(OC)c2)cc(OC)c1. The molecule has 0 aliphatic carbocycles. The van der Waals surface area contributed by atoms with Crippen LogP contribution in [0.5, 0.6) is 17.2 Å². The van der Waals surface area contributed by atoms with Crippen LogP contribution in [0.15, 0.2) is 36.4 Å². The third-order valence-corrected chi connectivity index (χ3v) is 2.87. The molecule has 5 heteroatoms. The quantitative estimate of drug-likeness (QED) is 0.820. The van der Waals surface area contributed by atoms with Gasteiger partial charge in [-0.05, 0) is 12.1 Å². The minimum Gasteiger partial charge on any atom is -0.497 e. The van der Waals surface area contributed by atoms with Gasteiger partial charge in [0.15, 0.2) is 0 Å². The number of anilines is 3. The Morgan fingerprint density at radius 3 is 2.00 bits per heavy atom. The van der Waals surface area contributed by atoms with Gasteiger partial charge in [-0.15, -0.1) is 0 Å². The van der Waals surface area contributed by atoms with Gasteiger partial charge in [0.1, 0.15) is 17.2 Å². The summed E-state index contributed by atoms with van der Waals surface area (Å²) in [5.74, 6) is 2.06. The normalized spacial score (nSPS) is 9.95. The third kappa shape index (κ3) is 3.06. The van der Waals surface area contributed by atoms with Gasteiger partial charge in [-0.3, -0.25) is 0 Å². The molecule has 2 rings (SSSR count). The zero-order valence-corrected chi connectivity index (χ0v) is 11.8. The summed E-state index contributed by atoms with van der Waals surface area (Å²) in [7, 11) is 4.82. The minimum atomic E-state index is 0.598. The first-order valence-electron chi connectivity index (χ1n) is 6.10. The van der Waals surface area contributed by atoms with Gasteiger partial charge >= 0.3 is 0 Å². The summed E-state index contributed by atoms with van der Waals surface area (Å²) in [6.45, 7) is 0. The van der Waals surface area contributed by atoms with E-state index in [1.54, 1.807) is 27.4 Å². The molecule has 0 bridgehead atoms. The Hall–Kier alpha value is -2.56. The lowest BCUT2D eigenvalue weighted by molar-refractivity contribution is 0.395. The van der Waals surface area contributed by atoms with Crippen LogP contribution in [0.2, 0.25) is 0 Å². The molecule has 106 valence electrons. The highest BCUT2D eigenvalue weighted by Crippen LogP contribution is 2.30. The van der Waals surface area contributed by atoms with Crippen molar-refractivity contribution in [3.05, 3.63) is 36.4 Å². The molecule has 0 aliphatic heterocycles. The summed E-state index contributed by atoms with van der Waals surface area (Å²) < 4.78 is 15.7. The standard InChI is InChI=1S/C15H18N2O3/c1-18-12-6-11(7-13(9-12)19-2)17-10-4-5-14(16)15(8-10)20-3/h4-9,17H,16H2,1-3H3. The summed E-state index contributed by atoms with van der Waals surface area (Å²) in [6, 6.07) is 11.1. The number of ether oxygens (including phenoxy) is 3. The van der Waals surface area contributed by atoms with Gasteiger partial charge in [-0.25, -0.2) is 0 Å². The van der Waals surface area contributed by atoms with Crippen LogP contribution in [0.4, 0.5) is 17.1 Å². The van der Waals surface area contributed by atoms with Crippen LogP contribution in [-0.4, -0.2) is 21.3 Å². The van der Waals surface area contributed by atoms with Gasteiger partial charge in [0.25, 0.3) is 0 Å². The fourth-order valence-electron chi connectivity index (χ4n) is 1.84. The Morgan fingerprint density at radius 1 is 0.800 bits per heavy atom. The van der Waals surface area contributed by atoms with Gasteiger partial charge in [0.05, 0.1) is 27.0 Å². The monoisotopic (exact) mass is 274 g/mol. The van der Waals surface area contributed by atoms with Crippen molar-refractivity contribution in [3.63, 3.8) is 0 Å². The third-order valence-electron chi connectivity index (χ3n) is 2.87. The van der Waals surface area contributed by atoms with Gasteiger partial charge in [-0.2, -0.15) is 0 Å². The number of methoxy groups -OCH3 is 3. The van der Waals surface area contributed by atoms with Crippen LogP contribution in [0.1, 0.15) is 0 Å². The summed E-state index contributed by atoms with van der Waals surface area (Å²) in [5, 5.41) is 3.26. The van der Waals surface area contributed by atoms with Crippen molar-refractivity contribution in [3.8, 4) is 17.2 Å². The summed E-state index contributed by atoms with van der Waals surface area (Å²) in [4.78, 5) is 0. The zero-order chi connectivity index (χ0) is 14.5. The number of benzene rings is 2. The zero-order valence-electron chi connectivity index (χ0n) is 11.8. The van der Waals surface area contributed by atoms with Crippen molar-refractivity contribution in [1.29, 1.82) is 0 Å². The fraction of sp³-hybridized carbons (Fsp3) is 0.200. The average molecular weight is 274 g/mol. The maximum Gasteiger partial charge on any atom is 0.143 e. The van der Waals surface area contributed by atoms with Crippen molar-refractivity contribution < 1.29 is 14.2 Å². The maximum atomic E-state index is 5.79. The Balaban J connectivity index is 2.29. The molecule has 0 saturated carbocycles. The van der Waals surface area contributed by atoms with Crippen LogP contribution in [0, 0.1) is 0 Å².